The topological polar surface area (TPSA) is 36.2 Å². The maximum atomic E-state index is 7.37. The zero-order valence-corrected chi connectivity index (χ0v) is 7.69. The third-order valence-corrected chi connectivity index (χ3v) is 2.27. The molecule has 1 aromatic rings. The van der Waals surface area contributed by atoms with Crippen molar-refractivity contribution in [3.8, 4) is 0 Å². The summed E-state index contributed by atoms with van der Waals surface area (Å²) >= 11 is 1.68. The molecule has 0 bridgehead atoms. The first kappa shape index (κ1) is 9.00. The van der Waals surface area contributed by atoms with Crippen LogP contribution in [0.2, 0.25) is 0 Å². The molecule has 0 unspecified atom stereocenters. The lowest BCUT2D eigenvalue weighted by molar-refractivity contribution is 1.39. The molecule has 0 amide bonds. The van der Waals surface area contributed by atoms with E-state index in [9.17, 15) is 0 Å². The first-order valence-electron chi connectivity index (χ1n) is 3.47. The van der Waals surface area contributed by atoms with Crippen molar-refractivity contribution in [1.29, 1.82) is 5.41 Å². The van der Waals surface area contributed by atoms with E-state index in [1.165, 1.54) is 4.90 Å². The second kappa shape index (κ2) is 4.07. The van der Waals surface area contributed by atoms with Crippen LogP contribution in [0.25, 0.3) is 0 Å². The highest BCUT2D eigenvalue weighted by Crippen LogP contribution is 2.14. The third kappa shape index (κ3) is 1.95. The largest absolute Gasteiger partial charge is 0.282 e. The van der Waals surface area contributed by atoms with Gasteiger partial charge in [0, 0.05) is 10.5 Å². The van der Waals surface area contributed by atoms with Gasteiger partial charge >= 0.3 is 0 Å². The fourth-order valence-corrected chi connectivity index (χ4v) is 1.25. The van der Waals surface area contributed by atoms with E-state index < -0.39 is 0 Å². The molecule has 0 saturated heterocycles. The van der Waals surface area contributed by atoms with Crippen LogP contribution in [-0.2, 0) is 0 Å². The number of rotatable bonds is 2. The van der Waals surface area contributed by atoms with Crippen molar-refractivity contribution in [3.05, 3.63) is 29.8 Å². The van der Waals surface area contributed by atoms with Crippen molar-refractivity contribution >= 4 is 24.3 Å². The summed E-state index contributed by atoms with van der Waals surface area (Å²) in [6, 6.07) is 7.70. The molecule has 0 aliphatic carbocycles. The smallest absolute Gasteiger partial charge is 0.151 e. The molecule has 0 heterocycles. The highest BCUT2D eigenvalue weighted by molar-refractivity contribution is 7.98. The Morgan fingerprint density at radius 1 is 1.42 bits per heavy atom. The summed E-state index contributed by atoms with van der Waals surface area (Å²) < 4.78 is 0. The Hall–Kier alpha value is -1.09. The molecule has 2 nitrogen and oxygen atoms in total. The molecule has 0 aromatic heterocycles. The van der Waals surface area contributed by atoms with Gasteiger partial charge in [-0.1, -0.05) is 12.1 Å². The minimum atomic E-state index is 0.225. The van der Waals surface area contributed by atoms with Crippen LogP contribution in [0.3, 0.4) is 0 Å². The molecular weight excluding hydrogens is 168 g/mol. The van der Waals surface area contributed by atoms with E-state index >= 15 is 0 Å². The monoisotopic (exact) mass is 178 g/mol. The summed E-state index contributed by atoms with van der Waals surface area (Å²) in [5, 5.41) is 7.37. The first-order valence-corrected chi connectivity index (χ1v) is 4.70. The predicted molar refractivity (Wildman–Crippen MR) is 54.6 cm³/mol. The maximum Gasteiger partial charge on any atom is 0.151 e. The Bertz CT molecular complexity index is 290. The quantitative estimate of drug-likeness (QED) is 0.421. The summed E-state index contributed by atoms with van der Waals surface area (Å²) in [6.07, 6.45) is 2.02. The lowest BCUT2D eigenvalue weighted by Gasteiger charge is -1.98. The van der Waals surface area contributed by atoms with E-state index in [0.717, 1.165) is 5.56 Å². The van der Waals surface area contributed by atoms with Crippen LogP contribution >= 0.6 is 11.8 Å². The Balaban J connectivity index is 2.91. The van der Waals surface area contributed by atoms with Crippen molar-refractivity contribution in [2.24, 2.45) is 4.99 Å². The SMILES string of the molecule is C=NC(=N)c1ccc(SC)cc1. The van der Waals surface area contributed by atoms with Gasteiger partial charge in [0.05, 0.1) is 0 Å². The van der Waals surface area contributed by atoms with Crippen LogP contribution < -0.4 is 0 Å². The summed E-state index contributed by atoms with van der Waals surface area (Å²) in [5.74, 6) is 0.225. The molecule has 0 radical (unpaired) electrons. The Labute approximate surface area is 76.2 Å². The molecule has 0 fully saturated rings. The van der Waals surface area contributed by atoms with E-state index in [2.05, 4.69) is 11.7 Å². The van der Waals surface area contributed by atoms with Crippen molar-refractivity contribution < 1.29 is 0 Å². The standard InChI is InChI=1S/C9H10N2S/c1-11-9(10)7-3-5-8(12-2)6-4-7/h3-6,10H,1H2,2H3. The number of nitrogens with one attached hydrogen (secondary N) is 1. The van der Waals surface area contributed by atoms with Gasteiger partial charge in [0.1, 0.15) is 0 Å². The second-order valence-electron chi connectivity index (χ2n) is 2.24. The fourth-order valence-electron chi connectivity index (χ4n) is 0.840. The maximum absolute atomic E-state index is 7.37. The van der Waals surface area contributed by atoms with Gasteiger partial charge in [-0.3, -0.25) is 5.41 Å². The van der Waals surface area contributed by atoms with Crippen molar-refractivity contribution in [1.82, 2.24) is 0 Å². The zero-order chi connectivity index (χ0) is 8.97. The number of amidine groups is 1. The molecule has 1 rings (SSSR count). The number of benzene rings is 1. The van der Waals surface area contributed by atoms with E-state index in [1.54, 1.807) is 11.8 Å². The molecule has 0 spiro atoms. The average Bonchev–Trinajstić information content (AvgIpc) is 2.17. The Morgan fingerprint density at radius 3 is 2.42 bits per heavy atom. The van der Waals surface area contributed by atoms with Crippen LogP contribution in [0.15, 0.2) is 34.2 Å². The molecule has 0 saturated carbocycles. The van der Waals surface area contributed by atoms with E-state index in [1.807, 2.05) is 30.5 Å². The predicted octanol–water partition coefficient (Wildman–Crippen LogP) is 2.43. The lowest BCUT2D eigenvalue weighted by atomic mass is 10.2. The van der Waals surface area contributed by atoms with Crippen molar-refractivity contribution in [2.75, 3.05) is 6.26 Å². The van der Waals surface area contributed by atoms with Crippen LogP contribution in [0, 0.1) is 5.41 Å². The summed E-state index contributed by atoms with van der Waals surface area (Å²) in [4.78, 5) is 4.73. The summed E-state index contributed by atoms with van der Waals surface area (Å²) in [7, 11) is 0. The molecular formula is C9H10N2S. The molecule has 62 valence electrons. The van der Waals surface area contributed by atoms with Crippen LogP contribution in [0.4, 0.5) is 0 Å². The summed E-state index contributed by atoms with van der Waals surface area (Å²) in [6.45, 7) is 3.30. The van der Waals surface area contributed by atoms with Gasteiger partial charge in [-0.15, -0.1) is 11.8 Å². The van der Waals surface area contributed by atoms with E-state index in [0.29, 0.717) is 0 Å². The minimum Gasteiger partial charge on any atom is -0.282 e. The number of aliphatic imine (C=N–C) groups is 1. The van der Waals surface area contributed by atoms with Crippen molar-refractivity contribution in [3.63, 3.8) is 0 Å². The molecule has 12 heavy (non-hydrogen) atoms. The molecule has 1 aromatic carbocycles. The van der Waals surface area contributed by atoms with Gasteiger partial charge in [0.2, 0.25) is 0 Å². The van der Waals surface area contributed by atoms with Gasteiger partial charge in [-0.2, -0.15) is 0 Å². The van der Waals surface area contributed by atoms with Gasteiger partial charge in [0.15, 0.2) is 5.84 Å². The highest BCUT2D eigenvalue weighted by Gasteiger charge is 1.96. The number of thioether (sulfide) groups is 1. The van der Waals surface area contributed by atoms with Crippen LogP contribution in [0.5, 0.6) is 0 Å². The molecule has 3 heteroatoms. The van der Waals surface area contributed by atoms with E-state index in [-0.39, 0.29) is 5.84 Å². The molecule has 0 aliphatic rings. The number of nitrogens with zero attached hydrogens (tertiary/aromatic N) is 1. The van der Waals surface area contributed by atoms with Crippen LogP contribution in [0.1, 0.15) is 5.56 Å². The van der Waals surface area contributed by atoms with Gasteiger partial charge < -0.3 is 0 Å². The minimum absolute atomic E-state index is 0.225. The van der Waals surface area contributed by atoms with Gasteiger partial charge in [-0.05, 0) is 25.1 Å². The Morgan fingerprint density at radius 2 is 2.00 bits per heavy atom. The second-order valence-corrected chi connectivity index (χ2v) is 3.11. The number of hydrogen-bond acceptors (Lipinski definition) is 2. The van der Waals surface area contributed by atoms with Gasteiger partial charge in [0.25, 0.3) is 0 Å². The number of hydrogen-bond donors (Lipinski definition) is 1. The van der Waals surface area contributed by atoms with Crippen molar-refractivity contribution in [2.45, 2.75) is 4.90 Å². The highest BCUT2D eigenvalue weighted by atomic mass is 32.2. The third-order valence-electron chi connectivity index (χ3n) is 1.52. The zero-order valence-electron chi connectivity index (χ0n) is 6.87. The fraction of sp³-hybridized carbons (Fsp3) is 0.111. The van der Waals surface area contributed by atoms with Crippen LogP contribution in [-0.4, -0.2) is 18.8 Å². The lowest BCUT2D eigenvalue weighted by Crippen LogP contribution is -1.92. The molecule has 0 atom stereocenters. The normalized spacial score (nSPS) is 9.42. The molecule has 1 N–H and O–H groups in total. The average molecular weight is 178 g/mol. The Kier molecular flexibility index (Phi) is 3.05. The summed E-state index contributed by atoms with van der Waals surface area (Å²) in [5.41, 5.74) is 0.808. The van der Waals surface area contributed by atoms with Gasteiger partial charge in [-0.25, -0.2) is 4.99 Å². The van der Waals surface area contributed by atoms with E-state index in [4.69, 9.17) is 5.41 Å². The first-order chi connectivity index (χ1) is 5.77. The molecule has 0 aliphatic heterocycles.